The molecular formula is C23H25FN6O3. The summed E-state index contributed by atoms with van der Waals surface area (Å²) < 4.78 is 15.5. The van der Waals surface area contributed by atoms with Crippen molar-refractivity contribution in [1.29, 1.82) is 0 Å². The molecule has 0 radical (unpaired) electrons. The Hall–Kier alpha value is -3.66. The highest BCUT2D eigenvalue weighted by Gasteiger charge is 2.34. The summed E-state index contributed by atoms with van der Waals surface area (Å²) in [5.41, 5.74) is 1.90. The number of aliphatic hydroxyl groups is 1. The number of benzene rings is 1. The zero-order chi connectivity index (χ0) is 23.5. The lowest BCUT2D eigenvalue weighted by Gasteiger charge is -2.15. The monoisotopic (exact) mass is 452 g/mol. The molecule has 33 heavy (non-hydrogen) atoms. The number of aryl methyl sites for hydroxylation is 1. The van der Waals surface area contributed by atoms with E-state index in [1.165, 1.54) is 23.2 Å². The van der Waals surface area contributed by atoms with Gasteiger partial charge in [-0.05, 0) is 35.7 Å². The lowest BCUT2D eigenvalue weighted by atomic mass is 9.97. The highest BCUT2D eigenvalue weighted by Crippen LogP contribution is 2.23. The maximum atomic E-state index is 13.6. The second-order valence-corrected chi connectivity index (χ2v) is 8.27. The zero-order valence-electron chi connectivity index (χ0n) is 18.3. The second-order valence-electron chi connectivity index (χ2n) is 8.27. The van der Waals surface area contributed by atoms with Gasteiger partial charge in [0.05, 0.1) is 6.54 Å². The Labute approximate surface area is 190 Å². The Morgan fingerprint density at radius 2 is 2.09 bits per heavy atom. The van der Waals surface area contributed by atoms with Crippen LogP contribution in [0.1, 0.15) is 45.1 Å². The number of alkyl halides is 1. The molecule has 1 aliphatic heterocycles. The Balaban J connectivity index is 1.44. The fraction of sp³-hybridized carbons (Fsp3) is 0.348. The molecule has 10 heteroatoms. The summed E-state index contributed by atoms with van der Waals surface area (Å²) in [7, 11) is 1.90. The largest absolute Gasteiger partial charge is 0.388 e. The Morgan fingerprint density at radius 3 is 2.79 bits per heavy atom. The normalized spacial score (nSPS) is 18.8. The molecule has 0 aliphatic carbocycles. The van der Waals surface area contributed by atoms with Gasteiger partial charge in [0.15, 0.2) is 0 Å². The first-order valence-electron chi connectivity index (χ1n) is 10.6. The van der Waals surface area contributed by atoms with E-state index in [-0.39, 0.29) is 30.3 Å². The van der Waals surface area contributed by atoms with E-state index in [2.05, 4.69) is 27.4 Å². The van der Waals surface area contributed by atoms with Crippen LogP contribution >= 0.6 is 0 Å². The molecule has 2 amide bonds. The maximum Gasteiger partial charge on any atom is 0.274 e. The third-order valence-corrected chi connectivity index (χ3v) is 5.75. The fourth-order valence-corrected chi connectivity index (χ4v) is 3.78. The molecule has 172 valence electrons. The number of halogens is 1. The van der Waals surface area contributed by atoms with E-state index in [0.29, 0.717) is 12.1 Å². The van der Waals surface area contributed by atoms with Crippen LogP contribution in [-0.4, -0.2) is 66.9 Å². The number of hydrogen-bond donors (Lipinski definition) is 2. The van der Waals surface area contributed by atoms with Crippen LogP contribution in [0.15, 0.2) is 48.9 Å². The number of amides is 2. The molecule has 2 aromatic heterocycles. The van der Waals surface area contributed by atoms with Crippen molar-refractivity contribution in [3.05, 3.63) is 71.6 Å². The average Bonchev–Trinajstić information content (AvgIpc) is 3.37. The number of hydrogen-bond acceptors (Lipinski definition) is 6. The van der Waals surface area contributed by atoms with Crippen molar-refractivity contribution in [3.8, 4) is 0 Å². The Bertz CT molecular complexity index is 1160. The average molecular weight is 452 g/mol. The van der Waals surface area contributed by atoms with E-state index in [1.807, 2.05) is 29.8 Å². The van der Waals surface area contributed by atoms with Crippen LogP contribution in [0.3, 0.4) is 0 Å². The van der Waals surface area contributed by atoms with Crippen molar-refractivity contribution >= 4 is 17.5 Å². The zero-order valence-corrected chi connectivity index (χ0v) is 18.3. The van der Waals surface area contributed by atoms with E-state index >= 15 is 0 Å². The molecule has 3 atom stereocenters. The van der Waals surface area contributed by atoms with Gasteiger partial charge >= 0.3 is 0 Å². The fourth-order valence-electron chi connectivity index (χ4n) is 3.78. The minimum absolute atomic E-state index is 0.0648. The van der Waals surface area contributed by atoms with E-state index in [1.54, 1.807) is 12.4 Å². The molecule has 3 aromatic rings. The van der Waals surface area contributed by atoms with Gasteiger partial charge in [-0.15, -0.1) is 10.2 Å². The molecule has 4 rings (SSSR count). The van der Waals surface area contributed by atoms with Crippen LogP contribution in [0.4, 0.5) is 10.1 Å². The minimum Gasteiger partial charge on any atom is -0.388 e. The summed E-state index contributed by atoms with van der Waals surface area (Å²) in [6.45, 7) is 1.82. The first-order chi connectivity index (χ1) is 15.8. The molecule has 0 spiro atoms. The number of pyridine rings is 1. The number of β-amino-alcohol motifs (C(OH)–C–C–N with tert-alkyl or cyclic N) is 1. The van der Waals surface area contributed by atoms with Gasteiger partial charge in [-0.3, -0.25) is 14.6 Å². The van der Waals surface area contributed by atoms with Gasteiger partial charge in [0.2, 0.25) is 0 Å². The summed E-state index contributed by atoms with van der Waals surface area (Å²) >= 11 is 0. The molecule has 1 fully saturated rings. The number of aliphatic hydroxyl groups excluding tert-OH is 1. The van der Waals surface area contributed by atoms with Crippen molar-refractivity contribution in [3.63, 3.8) is 0 Å². The number of rotatable bonds is 6. The predicted octanol–water partition coefficient (Wildman–Crippen LogP) is 1.96. The molecule has 3 heterocycles. The van der Waals surface area contributed by atoms with Crippen molar-refractivity contribution < 1.29 is 19.1 Å². The van der Waals surface area contributed by atoms with E-state index in [4.69, 9.17) is 0 Å². The number of aromatic nitrogens is 4. The van der Waals surface area contributed by atoms with Gasteiger partial charge in [0, 0.05) is 37.5 Å². The van der Waals surface area contributed by atoms with Gasteiger partial charge in [-0.1, -0.05) is 19.1 Å². The third-order valence-electron chi connectivity index (χ3n) is 5.75. The first-order valence-corrected chi connectivity index (χ1v) is 10.6. The molecule has 1 saturated heterocycles. The van der Waals surface area contributed by atoms with Crippen LogP contribution in [0.2, 0.25) is 0 Å². The van der Waals surface area contributed by atoms with E-state index in [0.717, 1.165) is 11.4 Å². The number of carbonyl (C=O) groups is 2. The van der Waals surface area contributed by atoms with Gasteiger partial charge in [-0.2, -0.15) is 0 Å². The maximum absolute atomic E-state index is 13.6. The van der Waals surface area contributed by atoms with Crippen molar-refractivity contribution in [2.24, 2.45) is 7.05 Å². The second kappa shape index (κ2) is 9.45. The van der Waals surface area contributed by atoms with E-state index < -0.39 is 24.1 Å². The number of carbonyl (C=O) groups excluding carboxylic acids is 2. The molecular weight excluding hydrogens is 427 g/mol. The SMILES string of the molecule is C[C@H](Cc1nncn1C)c1cccc(NC(=O)c2cc(C(=O)N3C[C@H](O)[C@@H](F)C3)ccn2)c1. The van der Waals surface area contributed by atoms with E-state index in [9.17, 15) is 19.1 Å². The number of anilines is 1. The summed E-state index contributed by atoms with van der Waals surface area (Å²) in [6.07, 6.45) is 1.06. The highest BCUT2D eigenvalue weighted by atomic mass is 19.1. The van der Waals surface area contributed by atoms with Gasteiger partial charge in [0.25, 0.3) is 11.8 Å². The molecule has 2 N–H and O–H groups in total. The van der Waals surface area contributed by atoms with Crippen LogP contribution in [-0.2, 0) is 13.5 Å². The Kier molecular flexibility index (Phi) is 6.45. The molecule has 9 nitrogen and oxygen atoms in total. The minimum atomic E-state index is -1.47. The topological polar surface area (TPSA) is 113 Å². The summed E-state index contributed by atoms with van der Waals surface area (Å²) in [5, 5.41) is 20.4. The van der Waals surface area contributed by atoms with Crippen LogP contribution in [0.5, 0.6) is 0 Å². The lowest BCUT2D eigenvalue weighted by Crippen LogP contribution is -2.30. The molecule has 1 aliphatic rings. The predicted molar refractivity (Wildman–Crippen MR) is 119 cm³/mol. The number of likely N-dealkylation sites (tertiary alicyclic amines) is 1. The molecule has 1 aromatic carbocycles. The summed E-state index contributed by atoms with van der Waals surface area (Å²) in [4.78, 5) is 30.7. The highest BCUT2D eigenvalue weighted by molar-refractivity contribution is 6.04. The van der Waals surface area contributed by atoms with Crippen molar-refractivity contribution in [1.82, 2.24) is 24.6 Å². The number of nitrogens with zero attached hydrogens (tertiary/aromatic N) is 5. The van der Waals surface area contributed by atoms with Gasteiger partial charge < -0.3 is 19.9 Å². The van der Waals surface area contributed by atoms with Crippen molar-refractivity contribution in [2.45, 2.75) is 31.5 Å². The first kappa shape index (κ1) is 22.5. The molecule has 0 saturated carbocycles. The van der Waals surface area contributed by atoms with Gasteiger partial charge in [-0.25, -0.2) is 4.39 Å². The van der Waals surface area contributed by atoms with Crippen LogP contribution < -0.4 is 5.32 Å². The third kappa shape index (κ3) is 5.06. The standard InChI is InChI=1S/C23H25FN6O3/c1-14(8-21-28-26-13-29(21)2)15-4-3-5-17(9-15)27-22(32)19-10-16(6-7-25-19)23(33)30-11-18(24)20(31)12-30/h3-7,9-10,13-14,18,20,31H,8,11-12H2,1-2H3,(H,27,32)/t14-,18+,20+/m1/s1. The molecule has 0 bridgehead atoms. The van der Waals surface area contributed by atoms with Gasteiger partial charge in [0.1, 0.15) is 30.1 Å². The lowest BCUT2D eigenvalue weighted by molar-refractivity contribution is 0.0764. The van der Waals surface area contributed by atoms with Crippen molar-refractivity contribution in [2.75, 3.05) is 18.4 Å². The quantitative estimate of drug-likeness (QED) is 0.591. The molecule has 0 unspecified atom stereocenters. The number of nitrogens with one attached hydrogen (secondary N) is 1. The Morgan fingerprint density at radius 1 is 1.27 bits per heavy atom. The van der Waals surface area contributed by atoms with Crippen LogP contribution in [0, 0.1) is 0 Å². The summed E-state index contributed by atoms with van der Waals surface area (Å²) in [6, 6.07) is 10.3. The summed E-state index contributed by atoms with van der Waals surface area (Å²) in [5.74, 6) is 0.101. The van der Waals surface area contributed by atoms with Crippen LogP contribution in [0.25, 0.3) is 0 Å². The smallest absolute Gasteiger partial charge is 0.274 e.